The van der Waals surface area contributed by atoms with Crippen molar-refractivity contribution in [2.45, 2.75) is 26.2 Å². The molecule has 5 nitrogen and oxygen atoms in total. The molecule has 1 amide bonds. The van der Waals surface area contributed by atoms with E-state index in [4.69, 9.17) is 10.00 Å². The van der Waals surface area contributed by atoms with E-state index in [-0.39, 0.29) is 12.5 Å². The smallest absolute Gasteiger partial charge is 0.314 e. The van der Waals surface area contributed by atoms with Crippen molar-refractivity contribution in [3.63, 3.8) is 0 Å². The SMILES string of the molecule is CCC(C)C(C(=O)OCC(=O)N(CC#N)c1ccccc1)c1ccccc1. The summed E-state index contributed by atoms with van der Waals surface area (Å²) in [6.45, 7) is 3.51. The summed E-state index contributed by atoms with van der Waals surface area (Å²) in [7, 11) is 0. The Morgan fingerprint density at radius 3 is 2.22 bits per heavy atom. The molecule has 0 heterocycles. The molecule has 2 aromatic rings. The molecule has 0 saturated heterocycles. The van der Waals surface area contributed by atoms with Crippen molar-refractivity contribution in [3.05, 3.63) is 66.2 Å². The van der Waals surface area contributed by atoms with Crippen molar-refractivity contribution in [1.29, 1.82) is 5.26 Å². The van der Waals surface area contributed by atoms with Crippen molar-refractivity contribution in [2.75, 3.05) is 18.1 Å². The number of hydrogen-bond acceptors (Lipinski definition) is 4. The normalized spacial score (nSPS) is 12.5. The second kappa shape index (κ2) is 10.1. The highest BCUT2D eigenvalue weighted by Crippen LogP contribution is 2.28. The summed E-state index contributed by atoms with van der Waals surface area (Å²) in [6.07, 6.45) is 0.813. The molecule has 0 aliphatic rings. The van der Waals surface area contributed by atoms with Gasteiger partial charge in [0.15, 0.2) is 6.61 Å². The monoisotopic (exact) mass is 364 g/mol. The van der Waals surface area contributed by atoms with Crippen LogP contribution in [0, 0.1) is 17.2 Å². The molecule has 0 N–H and O–H groups in total. The zero-order chi connectivity index (χ0) is 19.6. The fraction of sp³-hybridized carbons (Fsp3) is 0.318. The molecule has 2 rings (SSSR count). The molecule has 0 aliphatic heterocycles. The van der Waals surface area contributed by atoms with Crippen molar-refractivity contribution < 1.29 is 14.3 Å². The van der Waals surface area contributed by atoms with Crippen LogP contribution in [0.4, 0.5) is 5.69 Å². The van der Waals surface area contributed by atoms with Gasteiger partial charge in [0.25, 0.3) is 5.91 Å². The van der Waals surface area contributed by atoms with Gasteiger partial charge >= 0.3 is 5.97 Å². The highest BCUT2D eigenvalue weighted by Gasteiger charge is 2.28. The second-order valence-corrected chi connectivity index (χ2v) is 6.36. The van der Waals surface area contributed by atoms with Crippen LogP contribution in [0.15, 0.2) is 60.7 Å². The van der Waals surface area contributed by atoms with Crippen LogP contribution in [0.25, 0.3) is 0 Å². The molecule has 5 heteroatoms. The van der Waals surface area contributed by atoms with Crippen molar-refractivity contribution in [1.82, 2.24) is 0 Å². The van der Waals surface area contributed by atoms with Gasteiger partial charge in [-0.15, -0.1) is 0 Å². The van der Waals surface area contributed by atoms with Gasteiger partial charge in [-0.25, -0.2) is 0 Å². The van der Waals surface area contributed by atoms with Gasteiger partial charge in [0.2, 0.25) is 0 Å². The number of rotatable bonds is 8. The summed E-state index contributed by atoms with van der Waals surface area (Å²) in [5.74, 6) is -1.19. The van der Waals surface area contributed by atoms with Crippen LogP contribution in [0.5, 0.6) is 0 Å². The van der Waals surface area contributed by atoms with Crippen LogP contribution >= 0.6 is 0 Å². The number of nitrogens with zero attached hydrogens (tertiary/aromatic N) is 2. The van der Waals surface area contributed by atoms with Crippen LogP contribution < -0.4 is 4.90 Å². The number of para-hydroxylation sites is 1. The van der Waals surface area contributed by atoms with E-state index in [0.717, 1.165) is 12.0 Å². The quantitative estimate of drug-likeness (QED) is 0.526. The van der Waals surface area contributed by atoms with E-state index in [2.05, 4.69) is 0 Å². The summed E-state index contributed by atoms with van der Waals surface area (Å²) in [4.78, 5) is 26.6. The molecule has 2 unspecified atom stereocenters. The van der Waals surface area contributed by atoms with Crippen LogP contribution in [-0.4, -0.2) is 25.0 Å². The average molecular weight is 364 g/mol. The van der Waals surface area contributed by atoms with Gasteiger partial charge in [0.1, 0.15) is 6.54 Å². The Balaban J connectivity index is 2.09. The van der Waals surface area contributed by atoms with Gasteiger partial charge in [-0.05, 0) is 23.6 Å². The van der Waals surface area contributed by atoms with E-state index >= 15 is 0 Å². The average Bonchev–Trinajstić information content (AvgIpc) is 2.71. The summed E-state index contributed by atoms with van der Waals surface area (Å²) in [5.41, 5.74) is 1.47. The topological polar surface area (TPSA) is 70.4 Å². The lowest BCUT2D eigenvalue weighted by Crippen LogP contribution is -2.36. The predicted molar refractivity (Wildman–Crippen MR) is 104 cm³/mol. The van der Waals surface area contributed by atoms with Crippen molar-refractivity contribution in [3.8, 4) is 6.07 Å². The lowest BCUT2D eigenvalue weighted by Gasteiger charge is -2.23. The van der Waals surface area contributed by atoms with Gasteiger partial charge < -0.3 is 4.74 Å². The molecule has 140 valence electrons. The standard InChI is InChI=1S/C22H24N2O3/c1-3-17(2)21(18-10-6-4-7-11-18)22(26)27-16-20(25)24(15-14-23)19-12-8-5-9-13-19/h4-13,17,21H,3,15-16H2,1-2H3. The molecule has 0 radical (unpaired) electrons. The number of carbonyl (C=O) groups excluding carboxylic acids is 2. The Bertz CT molecular complexity index is 784. The summed E-state index contributed by atoms with van der Waals surface area (Å²) in [6, 6.07) is 20.3. The van der Waals surface area contributed by atoms with Gasteiger partial charge in [-0.1, -0.05) is 68.8 Å². The Hall–Kier alpha value is -3.13. The lowest BCUT2D eigenvalue weighted by molar-refractivity contribution is -0.150. The third kappa shape index (κ3) is 5.42. The number of anilines is 1. The molecular formula is C22H24N2O3. The summed E-state index contributed by atoms with van der Waals surface area (Å²) >= 11 is 0. The highest BCUT2D eigenvalue weighted by atomic mass is 16.5. The van der Waals surface area contributed by atoms with Gasteiger partial charge in [0, 0.05) is 5.69 Å². The van der Waals surface area contributed by atoms with Gasteiger partial charge in [-0.3, -0.25) is 14.5 Å². The minimum absolute atomic E-state index is 0.0827. The third-order valence-electron chi connectivity index (χ3n) is 4.56. The summed E-state index contributed by atoms with van der Waals surface area (Å²) < 4.78 is 5.35. The minimum Gasteiger partial charge on any atom is -0.455 e. The molecule has 0 aliphatic carbocycles. The maximum absolute atomic E-state index is 12.7. The van der Waals surface area contributed by atoms with E-state index in [1.165, 1.54) is 4.90 Å². The van der Waals surface area contributed by atoms with Crippen molar-refractivity contribution >= 4 is 17.6 Å². The fourth-order valence-corrected chi connectivity index (χ4v) is 2.90. The van der Waals surface area contributed by atoms with E-state index < -0.39 is 24.4 Å². The van der Waals surface area contributed by atoms with E-state index in [1.54, 1.807) is 24.3 Å². The van der Waals surface area contributed by atoms with E-state index in [1.807, 2.05) is 56.3 Å². The van der Waals surface area contributed by atoms with Crippen LogP contribution in [0.1, 0.15) is 31.7 Å². The predicted octanol–water partition coefficient (Wildman–Crippen LogP) is 3.92. The zero-order valence-corrected chi connectivity index (χ0v) is 15.7. The Morgan fingerprint density at radius 2 is 1.67 bits per heavy atom. The molecule has 27 heavy (non-hydrogen) atoms. The Morgan fingerprint density at radius 1 is 1.07 bits per heavy atom. The molecule has 0 saturated carbocycles. The number of hydrogen-bond donors (Lipinski definition) is 0. The molecular weight excluding hydrogens is 340 g/mol. The van der Waals surface area contributed by atoms with E-state index in [0.29, 0.717) is 5.69 Å². The van der Waals surface area contributed by atoms with Gasteiger partial charge in [-0.2, -0.15) is 5.26 Å². The van der Waals surface area contributed by atoms with Gasteiger partial charge in [0.05, 0.1) is 12.0 Å². The second-order valence-electron chi connectivity index (χ2n) is 6.36. The zero-order valence-electron chi connectivity index (χ0n) is 15.7. The highest BCUT2D eigenvalue weighted by molar-refractivity contribution is 5.95. The van der Waals surface area contributed by atoms with Crippen LogP contribution in [0.2, 0.25) is 0 Å². The first kappa shape index (κ1) is 20.2. The number of esters is 1. The van der Waals surface area contributed by atoms with Crippen LogP contribution in [0.3, 0.4) is 0 Å². The lowest BCUT2D eigenvalue weighted by atomic mass is 9.86. The summed E-state index contributed by atoms with van der Waals surface area (Å²) in [5, 5.41) is 9.01. The molecule has 2 atom stereocenters. The first-order valence-corrected chi connectivity index (χ1v) is 9.02. The van der Waals surface area contributed by atoms with E-state index in [9.17, 15) is 9.59 Å². The maximum Gasteiger partial charge on any atom is 0.314 e. The molecule has 0 fully saturated rings. The Labute approximate surface area is 160 Å². The molecule has 0 bridgehead atoms. The first-order chi connectivity index (χ1) is 13.1. The number of amides is 1. The number of benzene rings is 2. The van der Waals surface area contributed by atoms with Crippen molar-refractivity contribution in [2.24, 2.45) is 5.92 Å². The third-order valence-corrected chi connectivity index (χ3v) is 4.56. The van der Waals surface area contributed by atoms with Crippen LogP contribution in [-0.2, 0) is 14.3 Å². The molecule has 2 aromatic carbocycles. The minimum atomic E-state index is -0.426. The number of carbonyl (C=O) groups is 2. The molecule has 0 spiro atoms. The first-order valence-electron chi connectivity index (χ1n) is 9.02. The largest absolute Gasteiger partial charge is 0.455 e. The maximum atomic E-state index is 12.7. The Kier molecular flexibility index (Phi) is 7.57. The molecule has 0 aromatic heterocycles. The number of ether oxygens (including phenoxy) is 1. The number of nitriles is 1. The fourth-order valence-electron chi connectivity index (χ4n) is 2.90.